The Morgan fingerprint density at radius 1 is 1.15 bits per heavy atom. The molecule has 4 heteroatoms. The third-order valence-electron chi connectivity index (χ3n) is 3.25. The van der Waals surface area contributed by atoms with Crippen molar-refractivity contribution in [1.29, 1.82) is 0 Å². The van der Waals surface area contributed by atoms with Gasteiger partial charge in [0.1, 0.15) is 5.69 Å². The van der Waals surface area contributed by atoms with Gasteiger partial charge in [0.25, 0.3) is 5.56 Å². The summed E-state index contributed by atoms with van der Waals surface area (Å²) in [4.78, 5) is 23.5. The van der Waals surface area contributed by atoms with Crippen LogP contribution in [-0.4, -0.2) is 15.0 Å². The fourth-order valence-corrected chi connectivity index (χ4v) is 2.19. The van der Waals surface area contributed by atoms with Gasteiger partial charge in [-0.1, -0.05) is 38.1 Å². The van der Waals surface area contributed by atoms with Crippen LogP contribution in [0.4, 0.5) is 0 Å². The first-order valence-corrected chi connectivity index (χ1v) is 6.60. The van der Waals surface area contributed by atoms with Crippen LogP contribution in [0.3, 0.4) is 0 Å². The third-order valence-corrected chi connectivity index (χ3v) is 3.25. The summed E-state index contributed by atoms with van der Waals surface area (Å²) in [6.07, 6.45) is 1.74. The Morgan fingerprint density at radius 2 is 1.95 bits per heavy atom. The van der Waals surface area contributed by atoms with E-state index in [0.717, 1.165) is 16.5 Å². The molecule has 1 N–H and O–H groups in total. The van der Waals surface area contributed by atoms with E-state index in [-0.39, 0.29) is 11.5 Å². The first-order chi connectivity index (χ1) is 9.65. The molecule has 0 aliphatic rings. The van der Waals surface area contributed by atoms with Crippen molar-refractivity contribution >= 4 is 10.8 Å². The summed E-state index contributed by atoms with van der Waals surface area (Å²) in [6, 6.07) is 11.4. The normalized spacial score (nSPS) is 11.2. The summed E-state index contributed by atoms with van der Waals surface area (Å²) in [6.45, 7) is 4.03. The lowest BCUT2D eigenvalue weighted by Crippen LogP contribution is -2.11. The molecule has 3 rings (SSSR count). The zero-order valence-electron chi connectivity index (χ0n) is 11.4. The van der Waals surface area contributed by atoms with Gasteiger partial charge in [0.15, 0.2) is 5.82 Å². The van der Waals surface area contributed by atoms with Crippen molar-refractivity contribution in [2.45, 2.75) is 19.8 Å². The first kappa shape index (κ1) is 12.5. The fourth-order valence-electron chi connectivity index (χ4n) is 2.19. The molecule has 0 unspecified atom stereocenters. The van der Waals surface area contributed by atoms with Crippen molar-refractivity contribution in [3.05, 3.63) is 58.6 Å². The van der Waals surface area contributed by atoms with E-state index in [4.69, 9.17) is 0 Å². The van der Waals surface area contributed by atoms with E-state index in [2.05, 4.69) is 15.0 Å². The van der Waals surface area contributed by atoms with Crippen LogP contribution in [0.15, 0.2) is 47.4 Å². The third kappa shape index (κ3) is 2.20. The highest BCUT2D eigenvalue weighted by atomic mass is 16.1. The van der Waals surface area contributed by atoms with Gasteiger partial charge in [-0.05, 0) is 17.4 Å². The summed E-state index contributed by atoms with van der Waals surface area (Å²) in [5, 5.41) is 2.06. The molecule has 0 saturated heterocycles. The van der Waals surface area contributed by atoms with Crippen molar-refractivity contribution in [1.82, 2.24) is 15.0 Å². The van der Waals surface area contributed by atoms with E-state index in [9.17, 15) is 4.79 Å². The van der Waals surface area contributed by atoms with Crippen molar-refractivity contribution in [3.63, 3.8) is 0 Å². The molecule has 0 radical (unpaired) electrons. The minimum atomic E-state index is -0.145. The zero-order chi connectivity index (χ0) is 14.1. The Bertz CT molecular complexity index is 816. The number of nitrogens with one attached hydrogen (secondary N) is 1. The molecule has 100 valence electrons. The molecule has 20 heavy (non-hydrogen) atoms. The smallest absolute Gasteiger partial charge is 0.251 e. The van der Waals surface area contributed by atoms with Crippen LogP contribution in [0.25, 0.3) is 22.3 Å². The maximum Gasteiger partial charge on any atom is 0.251 e. The number of aromatic amines is 1. The van der Waals surface area contributed by atoms with Crippen molar-refractivity contribution < 1.29 is 0 Å². The number of aromatic nitrogens is 3. The number of H-pyrrole nitrogens is 1. The molecule has 0 atom stereocenters. The maximum atomic E-state index is 11.8. The molecule has 0 amide bonds. The number of benzene rings is 1. The Morgan fingerprint density at radius 3 is 2.75 bits per heavy atom. The van der Waals surface area contributed by atoms with Crippen molar-refractivity contribution in [2.24, 2.45) is 0 Å². The second-order valence-electron chi connectivity index (χ2n) is 5.05. The monoisotopic (exact) mass is 265 g/mol. The van der Waals surface area contributed by atoms with Gasteiger partial charge in [-0.3, -0.25) is 9.78 Å². The number of nitrogens with zero attached hydrogens (tertiary/aromatic N) is 2. The van der Waals surface area contributed by atoms with Gasteiger partial charge in [-0.25, -0.2) is 4.98 Å². The first-order valence-electron chi connectivity index (χ1n) is 6.60. The number of hydrogen-bond donors (Lipinski definition) is 1. The fraction of sp³-hybridized carbons (Fsp3) is 0.188. The van der Waals surface area contributed by atoms with Gasteiger partial charge in [0.2, 0.25) is 0 Å². The van der Waals surface area contributed by atoms with Crippen LogP contribution in [0.1, 0.15) is 25.5 Å². The van der Waals surface area contributed by atoms with Crippen molar-refractivity contribution in [3.8, 4) is 11.5 Å². The van der Waals surface area contributed by atoms with Crippen LogP contribution in [-0.2, 0) is 0 Å². The predicted molar refractivity (Wildman–Crippen MR) is 79.7 cm³/mol. The lowest BCUT2D eigenvalue weighted by atomic mass is 10.1. The zero-order valence-corrected chi connectivity index (χ0v) is 11.4. The van der Waals surface area contributed by atoms with Gasteiger partial charge in [-0.2, -0.15) is 0 Å². The SMILES string of the molecule is CC(C)c1cc(=O)[nH]c(-c2nccc3ccccc23)n1. The Kier molecular flexibility index (Phi) is 3.06. The van der Waals surface area contributed by atoms with E-state index in [0.29, 0.717) is 11.5 Å². The molecular weight excluding hydrogens is 250 g/mol. The molecule has 0 aliphatic heterocycles. The number of pyridine rings is 1. The summed E-state index contributed by atoms with van der Waals surface area (Å²) in [7, 11) is 0. The lowest BCUT2D eigenvalue weighted by molar-refractivity contribution is 0.811. The number of rotatable bonds is 2. The van der Waals surface area contributed by atoms with Crippen molar-refractivity contribution in [2.75, 3.05) is 0 Å². The average molecular weight is 265 g/mol. The Labute approximate surface area is 116 Å². The topological polar surface area (TPSA) is 58.6 Å². The summed E-state index contributed by atoms with van der Waals surface area (Å²) in [5.74, 6) is 0.726. The van der Waals surface area contributed by atoms with E-state index < -0.39 is 0 Å². The molecule has 4 nitrogen and oxygen atoms in total. The summed E-state index contributed by atoms with van der Waals surface area (Å²) in [5.41, 5.74) is 1.34. The highest BCUT2D eigenvalue weighted by Crippen LogP contribution is 2.23. The number of fused-ring (bicyclic) bond motifs is 1. The van der Waals surface area contributed by atoms with E-state index >= 15 is 0 Å². The second kappa shape index (κ2) is 4.89. The average Bonchev–Trinajstić information content (AvgIpc) is 2.46. The minimum absolute atomic E-state index is 0.145. The van der Waals surface area contributed by atoms with E-state index in [1.54, 1.807) is 12.3 Å². The van der Waals surface area contributed by atoms with Crippen LogP contribution >= 0.6 is 0 Å². The van der Waals surface area contributed by atoms with Crippen LogP contribution in [0.5, 0.6) is 0 Å². The number of hydrogen-bond acceptors (Lipinski definition) is 3. The second-order valence-corrected chi connectivity index (χ2v) is 5.05. The molecule has 1 aromatic carbocycles. The van der Waals surface area contributed by atoms with Crippen LogP contribution in [0, 0.1) is 0 Å². The van der Waals surface area contributed by atoms with Crippen LogP contribution in [0.2, 0.25) is 0 Å². The van der Waals surface area contributed by atoms with E-state index in [1.807, 2.05) is 44.2 Å². The molecule has 2 heterocycles. The molecule has 0 aliphatic carbocycles. The molecular formula is C16H15N3O. The van der Waals surface area contributed by atoms with Gasteiger partial charge in [0.05, 0.1) is 5.69 Å². The summed E-state index contributed by atoms with van der Waals surface area (Å²) < 4.78 is 0. The summed E-state index contributed by atoms with van der Waals surface area (Å²) >= 11 is 0. The maximum absolute atomic E-state index is 11.8. The predicted octanol–water partition coefficient (Wildman–Crippen LogP) is 3.11. The molecule has 2 aromatic heterocycles. The molecule has 3 aromatic rings. The molecule has 0 fully saturated rings. The Hall–Kier alpha value is -2.49. The van der Waals surface area contributed by atoms with Gasteiger partial charge < -0.3 is 4.98 Å². The van der Waals surface area contributed by atoms with Crippen LogP contribution < -0.4 is 5.56 Å². The highest BCUT2D eigenvalue weighted by molar-refractivity contribution is 5.92. The van der Waals surface area contributed by atoms with E-state index in [1.165, 1.54) is 0 Å². The van der Waals surface area contributed by atoms with Gasteiger partial charge in [0, 0.05) is 17.6 Å². The molecule has 0 saturated carbocycles. The largest absolute Gasteiger partial charge is 0.305 e. The molecule has 0 spiro atoms. The van der Waals surface area contributed by atoms with Gasteiger partial charge in [-0.15, -0.1) is 0 Å². The quantitative estimate of drug-likeness (QED) is 0.774. The molecule has 0 bridgehead atoms. The minimum Gasteiger partial charge on any atom is -0.305 e. The highest BCUT2D eigenvalue weighted by Gasteiger charge is 2.10. The van der Waals surface area contributed by atoms with Gasteiger partial charge >= 0.3 is 0 Å². The lowest BCUT2D eigenvalue weighted by Gasteiger charge is -2.08. The standard InChI is InChI=1S/C16H15N3O/c1-10(2)13-9-14(20)19-16(18-13)15-12-6-4-3-5-11(12)7-8-17-15/h3-10H,1-2H3,(H,18,19,20). The Balaban J connectivity index is 2.28.